The Balaban J connectivity index is 1.66. The van der Waals surface area contributed by atoms with E-state index >= 15 is 0 Å². The van der Waals surface area contributed by atoms with Crippen LogP contribution in [0.3, 0.4) is 0 Å². The summed E-state index contributed by atoms with van der Waals surface area (Å²) in [6.07, 6.45) is 1.91. The fourth-order valence-corrected chi connectivity index (χ4v) is 2.60. The molecule has 1 saturated carbocycles. The summed E-state index contributed by atoms with van der Waals surface area (Å²) in [4.78, 5) is 26.1. The van der Waals surface area contributed by atoms with Crippen molar-refractivity contribution >= 4 is 29.1 Å². The topological polar surface area (TPSA) is 49.4 Å². The first-order valence-corrected chi connectivity index (χ1v) is 8.31. The summed E-state index contributed by atoms with van der Waals surface area (Å²) in [7, 11) is 1.76. The van der Waals surface area contributed by atoms with Gasteiger partial charge in [-0.2, -0.15) is 0 Å². The molecule has 0 radical (unpaired) electrons. The van der Waals surface area contributed by atoms with Crippen LogP contribution < -0.4 is 5.32 Å². The summed E-state index contributed by atoms with van der Waals surface area (Å²) < 4.78 is 0. The zero-order valence-corrected chi connectivity index (χ0v) is 14.2. The summed E-state index contributed by atoms with van der Waals surface area (Å²) in [6.45, 7) is 0.495. The van der Waals surface area contributed by atoms with E-state index in [2.05, 4.69) is 5.32 Å². The number of benzene rings is 2. The van der Waals surface area contributed by atoms with Crippen LogP contribution in [0.1, 0.15) is 28.8 Å². The fourth-order valence-electron chi connectivity index (χ4n) is 2.48. The Morgan fingerprint density at radius 2 is 1.88 bits per heavy atom. The lowest BCUT2D eigenvalue weighted by Gasteiger charge is -2.18. The van der Waals surface area contributed by atoms with Gasteiger partial charge < -0.3 is 10.2 Å². The Hall–Kier alpha value is -2.33. The van der Waals surface area contributed by atoms with Gasteiger partial charge in [-0.1, -0.05) is 29.8 Å². The second kappa shape index (κ2) is 7.05. The third-order valence-electron chi connectivity index (χ3n) is 4.00. The minimum absolute atomic E-state index is 0.0362. The molecule has 0 aliphatic heterocycles. The third-order valence-corrected chi connectivity index (χ3v) is 4.26. The lowest BCUT2D eigenvalue weighted by molar-refractivity contribution is -0.117. The van der Waals surface area contributed by atoms with Gasteiger partial charge in [-0.25, -0.2) is 0 Å². The Bertz CT molecular complexity index is 754. The van der Waals surface area contributed by atoms with Gasteiger partial charge in [0, 0.05) is 35.8 Å². The number of nitrogens with zero attached hydrogens (tertiary/aromatic N) is 1. The van der Waals surface area contributed by atoms with Crippen LogP contribution in [0.4, 0.5) is 5.69 Å². The predicted molar refractivity (Wildman–Crippen MR) is 95.0 cm³/mol. The summed E-state index contributed by atoms with van der Waals surface area (Å²) in [5.74, 6) is 0.0820. The van der Waals surface area contributed by atoms with Crippen molar-refractivity contribution in [3.05, 3.63) is 64.7 Å². The first kappa shape index (κ1) is 16.5. The van der Waals surface area contributed by atoms with Crippen molar-refractivity contribution in [3.8, 4) is 0 Å². The lowest BCUT2D eigenvalue weighted by Crippen LogP contribution is -2.26. The first-order valence-electron chi connectivity index (χ1n) is 7.94. The van der Waals surface area contributed by atoms with Crippen molar-refractivity contribution in [1.29, 1.82) is 0 Å². The van der Waals surface area contributed by atoms with Gasteiger partial charge in [-0.3, -0.25) is 9.59 Å². The van der Waals surface area contributed by atoms with Crippen LogP contribution in [0.25, 0.3) is 0 Å². The van der Waals surface area contributed by atoms with Gasteiger partial charge >= 0.3 is 0 Å². The van der Waals surface area contributed by atoms with Crippen LogP contribution in [0.2, 0.25) is 5.02 Å². The number of hydrogen-bond acceptors (Lipinski definition) is 2. The maximum atomic E-state index is 12.6. The maximum Gasteiger partial charge on any atom is 0.253 e. The fraction of sp³-hybridized carbons (Fsp3) is 0.263. The van der Waals surface area contributed by atoms with Crippen LogP contribution in [-0.2, 0) is 11.3 Å². The highest BCUT2D eigenvalue weighted by molar-refractivity contribution is 6.30. The monoisotopic (exact) mass is 342 g/mol. The quantitative estimate of drug-likeness (QED) is 0.894. The minimum Gasteiger partial charge on any atom is -0.337 e. The summed E-state index contributed by atoms with van der Waals surface area (Å²) in [5.41, 5.74) is 2.23. The summed E-state index contributed by atoms with van der Waals surface area (Å²) in [5, 5.41) is 3.54. The molecule has 1 fully saturated rings. The van der Waals surface area contributed by atoms with Crippen LogP contribution >= 0.6 is 11.6 Å². The molecule has 0 saturated heterocycles. The molecule has 2 aromatic carbocycles. The standard InChI is InChI=1S/C19H19ClN2O2/c1-22(12-13-5-9-16(20)10-6-13)19(24)15-3-2-4-17(11-15)21-18(23)14-7-8-14/h2-6,9-11,14H,7-8,12H2,1H3,(H,21,23). The number of anilines is 1. The van der Waals surface area contributed by atoms with E-state index in [1.165, 1.54) is 0 Å². The zero-order chi connectivity index (χ0) is 17.1. The zero-order valence-electron chi connectivity index (χ0n) is 13.5. The second-order valence-corrected chi connectivity index (χ2v) is 6.57. The van der Waals surface area contributed by atoms with Crippen molar-refractivity contribution < 1.29 is 9.59 Å². The molecule has 0 aromatic heterocycles. The molecule has 2 aromatic rings. The molecule has 0 bridgehead atoms. The average molecular weight is 343 g/mol. The third kappa shape index (κ3) is 4.15. The van der Waals surface area contributed by atoms with E-state index in [1.54, 1.807) is 36.2 Å². The van der Waals surface area contributed by atoms with Crippen molar-refractivity contribution in [2.75, 3.05) is 12.4 Å². The highest BCUT2D eigenvalue weighted by atomic mass is 35.5. The molecule has 24 heavy (non-hydrogen) atoms. The molecule has 1 N–H and O–H groups in total. The van der Waals surface area contributed by atoms with E-state index in [-0.39, 0.29) is 17.7 Å². The molecule has 0 unspecified atom stereocenters. The van der Waals surface area contributed by atoms with Crippen LogP contribution in [0, 0.1) is 5.92 Å². The van der Waals surface area contributed by atoms with Gasteiger partial charge in [-0.05, 0) is 48.7 Å². The van der Waals surface area contributed by atoms with Gasteiger partial charge in [0.2, 0.25) is 5.91 Å². The largest absolute Gasteiger partial charge is 0.337 e. The van der Waals surface area contributed by atoms with E-state index in [9.17, 15) is 9.59 Å². The molecule has 1 aliphatic rings. The van der Waals surface area contributed by atoms with Gasteiger partial charge in [-0.15, -0.1) is 0 Å². The first-order chi connectivity index (χ1) is 11.5. The van der Waals surface area contributed by atoms with Gasteiger partial charge in [0.1, 0.15) is 0 Å². The Labute approximate surface area is 146 Å². The number of hydrogen-bond donors (Lipinski definition) is 1. The molecule has 5 heteroatoms. The highest BCUT2D eigenvalue weighted by Gasteiger charge is 2.29. The average Bonchev–Trinajstić information content (AvgIpc) is 3.41. The molecule has 1 aliphatic carbocycles. The SMILES string of the molecule is CN(Cc1ccc(Cl)cc1)C(=O)c1cccc(NC(=O)C2CC2)c1. The van der Waals surface area contributed by atoms with E-state index in [1.807, 2.05) is 24.3 Å². The van der Waals surface area contributed by atoms with E-state index in [4.69, 9.17) is 11.6 Å². The summed E-state index contributed by atoms with van der Waals surface area (Å²) in [6, 6.07) is 14.5. The molecular weight excluding hydrogens is 324 g/mol. The molecule has 0 spiro atoms. The molecule has 0 heterocycles. The van der Waals surface area contributed by atoms with Crippen LogP contribution in [0.5, 0.6) is 0 Å². The number of amides is 2. The Morgan fingerprint density at radius 3 is 2.54 bits per heavy atom. The molecule has 2 amide bonds. The van der Waals surface area contributed by atoms with Gasteiger partial charge in [0.25, 0.3) is 5.91 Å². The number of halogens is 1. The van der Waals surface area contributed by atoms with E-state index in [0.29, 0.717) is 22.8 Å². The van der Waals surface area contributed by atoms with Crippen molar-refractivity contribution in [2.45, 2.75) is 19.4 Å². The van der Waals surface area contributed by atoms with Crippen molar-refractivity contribution in [3.63, 3.8) is 0 Å². The van der Waals surface area contributed by atoms with Gasteiger partial charge in [0.15, 0.2) is 0 Å². The van der Waals surface area contributed by atoms with Crippen LogP contribution in [-0.4, -0.2) is 23.8 Å². The Kier molecular flexibility index (Phi) is 4.86. The normalized spacial score (nSPS) is 13.4. The number of nitrogens with one attached hydrogen (secondary N) is 1. The number of rotatable bonds is 5. The predicted octanol–water partition coefficient (Wildman–Crippen LogP) is 3.96. The molecular formula is C19H19ClN2O2. The van der Waals surface area contributed by atoms with Gasteiger partial charge in [0.05, 0.1) is 0 Å². The molecule has 4 nitrogen and oxygen atoms in total. The van der Waals surface area contributed by atoms with Crippen molar-refractivity contribution in [1.82, 2.24) is 4.90 Å². The van der Waals surface area contributed by atoms with E-state index < -0.39 is 0 Å². The minimum atomic E-state index is -0.0903. The lowest BCUT2D eigenvalue weighted by atomic mass is 10.1. The number of carbonyl (C=O) groups is 2. The van der Waals surface area contributed by atoms with E-state index in [0.717, 1.165) is 18.4 Å². The second-order valence-electron chi connectivity index (χ2n) is 6.13. The van der Waals surface area contributed by atoms with Crippen molar-refractivity contribution in [2.24, 2.45) is 5.92 Å². The number of carbonyl (C=O) groups excluding carboxylic acids is 2. The van der Waals surface area contributed by atoms with Crippen LogP contribution in [0.15, 0.2) is 48.5 Å². The summed E-state index contributed by atoms with van der Waals surface area (Å²) >= 11 is 5.88. The smallest absolute Gasteiger partial charge is 0.253 e. The molecule has 124 valence electrons. The maximum absolute atomic E-state index is 12.6. The Morgan fingerprint density at radius 1 is 1.17 bits per heavy atom. The highest BCUT2D eigenvalue weighted by Crippen LogP contribution is 2.30. The molecule has 0 atom stereocenters. The molecule has 3 rings (SSSR count).